The number of ketones is 1. The van der Waals surface area contributed by atoms with Crippen molar-refractivity contribution in [3.63, 3.8) is 0 Å². The van der Waals surface area contributed by atoms with Gasteiger partial charge in [0, 0.05) is 49.7 Å². The first-order valence-corrected chi connectivity index (χ1v) is 11.9. The van der Waals surface area contributed by atoms with Crippen LogP contribution >= 0.6 is 0 Å². The maximum absolute atomic E-state index is 12.9. The molecule has 0 aliphatic carbocycles. The molecule has 0 spiro atoms. The Hall–Kier alpha value is -4.01. The third-order valence-corrected chi connectivity index (χ3v) is 6.01. The van der Waals surface area contributed by atoms with E-state index in [0.717, 1.165) is 5.56 Å². The van der Waals surface area contributed by atoms with Gasteiger partial charge in [-0.1, -0.05) is 48.0 Å². The second-order valence-corrected chi connectivity index (χ2v) is 8.67. The van der Waals surface area contributed by atoms with Crippen molar-refractivity contribution in [3.05, 3.63) is 136 Å². The van der Waals surface area contributed by atoms with E-state index in [1.807, 2.05) is 30.3 Å². The first kappa shape index (κ1) is 30.5. The zero-order valence-corrected chi connectivity index (χ0v) is 25.2. The number of carbonyl (C=O) groups is 2. The molecule has 0 atom stereocenters. The van der Waals surface area contributed by atoms with Crippen molar-refractivity contribution in [3.8, 4) is 17.4 Å². The van der Waals surface area contributed by atoms with Crippen LogP contribution in [0, 0.1) is 14.4 Å². The van der Waals surface area contributed by atoms with Crippen LogP contribution in [-0.4, -0.2) is 26.2 Å². The predicted molar refractivity (Wildman–Crippen MR) is 151 cm³/mol. The molecule has 199 valence electrons. The smallest absolute Gasteiger partial charge is 0.324 e. The molecule has 8 nitrogen and oxygen atoms in total. The van der Waals surface area contributed by atoms with Crippen molar-refractivity contribution in [2.75, 3.05) is 0 Å². The molecule has 1 amide bonds. The van der Waals surface area contributed by atoms with Crippen LogP contribution in [0.15, 0.2) is 95.8 Å². The van der Waals surface area contributed by atoms with E-state index in [1.165, 1.54) is 17.6 Å². The van der Waals surface area contributed by atoms with Gasteiger partial charge in [0.05, 0.1) is 17.3 Å². The number of hydrogen-bond donors (Lipinski definition) is 0. The fourth-order valence-electron chi connectivity index (χ4n) is 3.99. The van der Waals surface area contributed by atoms with E-state index in [9.17, 15) is 14.4 Å². The quantitative estimate of drug-likeness (QED) is 0.160. The normalized spacial score (nSPS) is 10.2. The summed E-state index contributed by atoms with van der Waals surface area (Å²) in [5.74, 6) is 0.0759. The van der Waals surface area contributed by atoms with Gasteiger partial charge in [0.1, 0.15) is 5.75 Å². The van der Waals surface area contributed by atoms with Crippen molar-refractivity contribution in [1.82, 2.24) is 14.5 Å². The van der Waals surface area contributed by atoms with E-state index in [4.69, 9.17) is 4.74 Å². The Balaban J connectivity index is 0.00000220. The summed E-state index contributed by atoms with van der Waals surface area (Å²) in [5.41, 5.74) is 3.18. The van der Waals surface area contributed by atoms with Gasteiger partial charge in [-0.05, 0) is 61.9 Å². The topological polar surface area (TPSA) is 105 Å². The number of aryl methyl sites for hydroxylation is 1. The Morgan fingerprint density at radius 1 is 0.850 bits per heavy atom. The molecule has 0 aliphatic rings. The molecule has 1 radical (unpaired) electrons. The molecule has 0 saturated heterocycles. The second kappa shape index (κ2) is 13.4. The molecule has 0 aliphatic heterocycles. The molecule has 3 aromatic carbocycles. The molecule has 0 bridgehead atoms. The van der Waals surface area contributed by atoms with E-state index < -0.39 is 0 Å². The number of aromatic nitrogens is 3. The Bertz CT molecular complexity index is 1700. The minimum absolute atomic E-state index is 0. The van der Waals surface area contributed by atoms with Crippen LogP contribution in [-0.2, 0) is 39.3 Å². The standard InChI is InChI=1S/C30H24N4O4.CH3.Y/c1-19-26-16-17-27(36)34(28(26)33-30(32-19)38-25-14-10-22(11-15-25)20(2)35)24-12-8-23(9-13-24)29(37)31-18-21-6-4-3-5-7-21;;/h3-17H,18H2,1-2H3,(H,31,37);1H3;/q;-1;/p-1. The maximum atomic E-state index is 12.9. The average Bonchev–Trinajstić information content (AvgIpc) is 2.92. The zero-order chi connectivity index (χ0) is 26.6. The summed E-state index contributed by atoms with van der Waals surface area (Å²) in [4.78, 5) is 46.0. The Morgan fingerprint density at radius 2 is 1.50 bits per heavy atom. The van der Waals surface area contributed by atoms with E-state index >= 15 is 0 Å². The fraction of sp³-hybridized carbons (Fsp3) is 0.0968. The fourth-order valence-corrected chi connectivity index (χ4v) is 3.99. The minimum Gasteiger partial charge on any atom is -0.646 e. The third kappa shape index (κ3) is 6.76. The van der Waals surface area contributed by atoms with Gasteiger partial charge in [-0.3, -0.25) is 14.2 Å². The van der Waals surface area contributed by atoms with Gasteiger partial charge >= 0.3 is 6.01 Å². The van der Waals surface area contributed by atoms with Gasteiger partial charge in [0.25, 0.3) is 5.56 Å². The number of fused-ring (bicyclic) bond motifs is 1. The predicted octanol–water partition coefficient (Wildman–Crippen LogP) is 6.25. The molecule has 9 heteroatoms. The molecule has 0 saturated carbocycles. The second-order valence-electron chi connectivity index (χ2n) is 8.67. The van der Waals surface area contributed by atoms with Gasteiger partial charge in [0.2, 0.25) is 0 Å². The largest absolute Gasteiger partial charge is 0.646 e. The average molecular weight is 607 g/mol. The van der Waals surface area contributed by atoms with Crippen LogP contribution in [0.3, 0.4) is 0 Å². The minimum atomic E-state index is -0.338. The van der Waals surface area contributed by atoms with E-state index in [0.29, 0.717) is 45.8 Å². The summed E-state index contributed by atoms with van der Waals surface area (Å²) in [5, 5.41) is 4.83. The van der Waals surface area contributed by atoms with Crippen molar-refractivity contribution >= 4 is 22.7 Å². The van der Waals surface area contributed by atoms with Crippen LogP contribution < -0.4 is 10.3 Å². The van der Waals surface area contributed by atoms with Gasteiger partial charge in [0.15, 0.2) is 11.4 Å². The number of amides is 1. The number of benzene rings is 3. The molecule has 0 fully saturated rings. The van der Waals surface area contributed by atoms with E-state index in [2.05, 4.69) is 15.3 Å². The van der Waals surface area contributed by atoms with E-state index in [1.54, 1.807) is 61.5 Å². The summed E-state index contributed by atoms with van der Waals surface area (Å²) in [7, 11) is 0. The summed E-state index contributed by atoms with van der Waals surface area (Å²) < 4.78 is 7.29. The molecule has 2 aromatic heterocycles. The first-order chi connectivity index (χ1) is 18.4. The van der Waals surface area contributed by atoms with Crippen LogP contribution in [0.2, 0.25) is 0 Å². The number of rotatable bonds is 7. The van der Waals surface area contributed by atoms with Crippen molar-refractivity contribution in [2.24, 2.45) is 0 Å². The van der Waals surface area contributed by atoms with Crippen molar-refractivity contribution in [2.45, 2.75) is 20.4 Å². The molecule has 2 heterocycles. The molecule has 0 N–H and O–H groups in total. The van der Waals surface area contributed by atoms with Crippen LogP contribution in [0.5, 0.6) is 11.8 Å². The zero-order valence-electron chi connectivity index (χ0n) is 22.4. The van der Waals surface area contributed by atoms with Gasteiger partial charge in [-0.25, -0.2) is 0 Å². The Labute approximate surface area is 257 Å². The molecular formula is C31H26N4O4Y-2. The first-order valence-electron chi connectivity index (χ1n) is 11.9. The summed E-state index contributed by atoms with van der Waals surface area (Å²) in [6.45, 7) is 3.59. The number of carbonyl (C=O) groups excluding carboxylic acids is 2. The van der Waals surface area contributed by atoms with Gasteiger partial charge < -0.3 is 22.3 Å². The molecule has 0 unspecified atom stereocenters. The maximum Gasteiger partial charge on any atom is 0.324 e. The molecule has 5 rings (SSSR count). The van der Waals surface area contributed by atoms with E-state index in [-0.39, 0.29) is 63.4 Å². The van der Waals surface area contributed by atoms with Crippen LogP contribution in [0.4, 0.5) is 0 Å². The SMILES string of the molecule is CC(=O)c1ccc(Oc2nc(C)c3ccc(=O)n(-c4ccc(C(=O)[N-]Cc5ccccc5)cc4)c3n2)cc1.[CH3-].[Y]. The molecule has 40 heavy (non-hydrogen) atoms. The van der Waals surface area contributed by atoms with Gasteiger partial charge in [-0.2, -0.15) is 9.97 Å². The molecular weight excluding hydrogens is 581 g/mol. The van der Waals surface area contributed by atoms with Crippen molar-refractivity contribution < 1.29 is 47.0 Å². The summed E-state index contributed by atoms with van der Waals surface area (Å²) in [6, 6.07) is 26.0. The number of nitrogens with zero attached hydrogens (tertiary/aromatic N) is 4. The number of hydrogen-bond acceptors (Lipinski definition) is 6. The monoisotopic (exact) mass is 607 g/mol. The number of Topliss-reactive ketones (excluding diaryl/α,β-unsaturated/α-hetero) is 1. The van der Waals surface area contributed by atoms with Crippen molar-refractivity contribution in [1.29, 1.82) is 0 Å². The van der Waals surface area contributed by atoms with Crippen LogP contribution in [0.25, 0.3) is 22.0 Å². The molecule has 5 aromatic rings. The Kier molecular flexibility index (Phi) is 10.2. The summed E-state index contributed by atoms with van der Waals surface area (Å²) >= 11 is 0. The number of pyridine rings is 1. The van der Waals surface area contributed by atoms with Gasteiger partial charge in [-0.15, -0.1) is 6.54 Å². The van der Waals surface area contributed by atoms with Crippen LogP contribution in [0.1, 0.15) is 38.9 Å². The number of ether oxygens (including phenoxy) is 1. The summed E-state index contributed by atoms with van der Waals surface area (Å²) in [6.07, 6.45) is 0. The Morgan fingerprint density at radius 3 is 2.15 bits per heavy atom. The third-order valence-electron chi connectivity index (χ3n) is 6.01.